The van der Waals surface area contributed by atoms with Gasteiger partial charge in [-0.1, -0.05) is 30.7 Å². The molecule has 0 saturated heterocycles. The van der Waals surface area contributed by atoms with E-state index < -0.39 is 17.5 Å². The van der Waals surface area contributed by atoms with Crippen molar-refractivity contribution in [3.63, 3.8) is 0 Å². The van der Waals surface area contributed by atoms with Gasteiger partial charge in [0.15, 0.2) is 0 Å². The maximum absolute atomic E-state index is 13.9. The summed E-state index contributed by atoms with van der Waals surface area (Å²) in [5, 5.41) is 3.17. The zero-order chi connectivity index (χ0) is 15.4. The van der Waals surface area contributed by atoms with E-state index in [-0.39, 0.29) is 11.1 Å². The van der Waals surface area contributed by atoms with Gasteiger partial charge < -0.3 is 5.32 Å². The molecule has 0 aliphatic carbocycles. The van der Waals surface area contributed by atoms with E-state index in [1.807, 2.05) is 6.92 Å². The molecule has 0 aliphatic heterocycles. The molecule has 5 heteroatoms. The van der Waals surface area contributed by atoms with Gasteiger partial charge in [-0.3, -0.25) is 0 Å². The van der Waals surface area contributed by atoms with E-state index in [1.54, 1.807) is 6.07 Å². The minimum absolute atomic E-state index is 0.0479. The molecule has 2 aromatic rings. The molecule has 1 unspecified atom stereocenters. The number of benzene rings is 2. The van der Waals surface area contributed by atoms with E-state index in [0.29, 0.717) is 24.1 Å². The van der Waals surface area contributed by atoms with Gasteiger partial charge in [0.1, 0.15) is 17.5 Å². The number of rotatable bonds is 5. The van der Waals surface area contributed by atoms with Crippen LogP contribution in [0.25, 0.3) is 0 Å². The smallest absolute Gasteiger partial charge is 0.142 e. The van der Waals surface area contributed by atoms with Crippen molar-refractivity contribution in [1.82, 2.24) is 5.32 Å². The number of halogens is 4. The first-order chi connectivity index (χ1) is 10.0. The van der Waals surface area contributed by atoms with Crippen LogP contribution in [-0.4, -0.2) is 6.54 Å². The van der Waals surface area contributed by atoms with Crippen LogP contribution < -0.4 is 5.32 Å². The summed E-state index contributed by atoms with van der Waals surface area (Å²) < 4.78 is 40.4. The van der Waals surface area contributed by atoms with Gasteiger partial charge in [0.25, 0.3) is 0 Å². The molecule has 0 aromatic heterocycles. The Kier molecular flexibility index (Phi) is 5.26. The summed E-state index contributed by atoms with van der Waals surface area (Å²) in [5.41, 5.74) is 1.04. The molecule has 21 heavy (non-hydrogen) atoms. The van der Waals surface area contributed by atoms with Crippen molar-refractivity contribution in [3.8, 4) is 0 Å². The van der Waals surface area contributed by atoms with Gasteiger partial charge in [-0.15, -0.1) is 0 Å². The molecule has 0 amide bonds. The van der Waals surface area contributed by atoms with Crippen molar-refractivity contribution in [1.29, 1.82) is 0 Å². The SMILES string of the molecule is CCNC(Cc1ccc(Cl)c(F)c1)c1ccc(F)cc1F. The summed E-state index contributed by atoms with van der Waals surface area (Å²) in [7, 11) is 0. The molecule has 2 aromatic carbocycles. The Bertz CT molecular complexity index is 631. The van der Waals surface area contributed by atoms with E-state index in [0.717, 1.165) is 6.07 Å². The standard InChI is InChI=1S/C16H15ClF3N/c1-2-21-16(12-5-4-11(18)9-14(12)19)8-10-3-6-13(17)15(20)7-10/h3-7,9,16,21H,2,8H2,1H3. The summed E-state index contributed by atoms with van der Waals surface area (Å²) >= 11 is 5.65. The Balaban J connectivity index is 2.28. The van der Waals surface area contributed by atoms with Gasteiger partial charge in [-0.05, 0) is 36.7 Å². The third-order valence-electron chi connectivity index (χ3n) is 3.21. The van der Waals surface area contributed by atoms with Crippen molar-refractivity contribution < 1.29 is 13.2 Å². The number of likely N-dealkylation sites (N-methyl/N-ethyl adjacent to an activating group) is 1. The van der Waals surface area contributed by atoms with Crippen LogP contribution in [0.5, 0.6) is 0 Å². The largest absolute Gasteiger partial charge is 0.310 e. The van der Waals surface area contributed by atoms with Gasteiger partial charge >= 0.3 is 0 Å². The van der Waals surface area contributed by atoms with Crippen LogP contribution in [-0.2, 0) is 6.42 Å². The second kappa shape index (κ2) is 6.96. The van der Waals surface area contributed by atoms with Crippen LogP contribution in [0.15, 0.2) is 36.4 Å². The Morgan fingerprint density at radius 3 is 2.43 bits per heavy atom. The molecular weight excluding hydrogens is 299 g/mol. The Labute approximate surface area is 126 Å². The quantitative estimate of drug-likeness (QED) is 0.847. The van der Waals surface area contributed by atoms with Crippen LogP contribution >= 0.6 is 11.6 Å². The summed E-state index contributed by atoms with van der Waals surface area (Å²) in [6.07, 6.45) is 0.379. The van der Waals surface area contributed by atoms with E-state index in [9.17, 15) is 13.2 Å². The lowest BCUT2D eigenvalue weighted by molar-refractivity contribution is 0.501. The summed E-state index contributed by atoms with van der Waals surface area (Å²) in [6, 6.07) is 7.59. The van der Waals surface area contributed by atoms with Crippen LogP contribution in [0.4, 0.5) is 13.2 Å². The third kappa shape index (κ3) is 3.99. The highest BCUT2D eigenvalue weighted by molar-refractivity contribution is 6.30. The molecule has 0 aliphatic rings. The zero-order valence-electron chi connectivity index (χ0n) is 11.5. The maximum Gasteiger partial charge on any atom is 0.142 e. The molecule has 0 radical (unpaired) electrons. The highest BCUT2D eigenvalue weighted by Gasteiger charge is 2.16. The molecule has 0 saturated carbocycles. The van der Waals surface area contributed by atoms with Gasteiger partial charge in [0.2, 0.25) is 0 Å². The van der Waals surface area contributed by atoms with Crippen LogP contribution in [0.2, 0.25) is 5.02 Å². The lowest BCUT2D eigenvalue weighted by atomic mass is 9.98. The fraction of sp³-hybridized carbons (Fsp3) is 0.250. The molecular formula is C16H15ClF3N. The van der Waals surface area contributed by atoms with Crippen molar-refractivity contribution in [2.24, 2.45) is 0 Å². The van der Waals surface area contributed by atoms with E-state index >= 15 is 0 Å². The molecule has 1 atom stereocenters. The van der Waals surface area contributed by atoms with Gasteiger partial charge in [-0.2, -0.15) is 0 Å². The molecule has 0 fully saturated rings. The lowest BCUT2D eigenvalue weighted by Crippen LogP contribution is -2.24. The lowest BCUT2D eigenvalue weighted by Gasteiger charge is -2.19. The topological polar surface area (TPSA) is 12.0 Å². The molecule has 112 valence electrons. The second-order valence-electron chi connectivity index (χ2n) is 4.73. The molecule has 2 rings (SSSR count). The van der Waals surface area contributed by atoms with Crippen LogP contribution in [0.3, 0.4) is 0 Å². The number of nitrogens with one attached hydrogen (secondary N) is 1. The first-order valence-corrected chi connectivity index (χ1v) is 7.01. The predicted octanol–water partition coefficient (Wildman–Crippen LogP) is 4.65. The zero-order valence-corrected chi connectivity index (χ0v) is 12.2. The summed E-state index contributed by atoms with van der Waals surface area (Å²) in [5.74, 6) is -1.75. The van der Waals surface area contributed by atoms with Crippen molar-refractivity contribution in [2.45, 2.75) is 19.4 Å². The van der Waals surface area contributed by atoms with E-state index in [4.69, 9.17) is 11.6 Å². The average Bonchev–Trinajstić information content (AvgIpc) is 2.42. The van der Waals surface area contributed by atoms with Crippen LogP contribution in [0.1, 0.15) is 24.1 Å². The van der Waals surface area contributed by atoms with E-state index in [1.165, 1.54) is 24.3 Å². The fourth-order valence-corrected chi connectivity index (χ4v) is 2.34. The first kappa shape index (κ1) is 15.9. The van der Waals surface area contributed by atoms with E-state index in [2.05, 4.69) is 5.32 Å². The van der Waals surface area contributed by atoms with Crippen molar-refractivity contribution in [3.05, 3.63) is 70.0 Å². The predicted molar refractivity (Wildman–Crippen MR) is 77.9 cm³/mol. The summed E-state index contributed by atoms with van der Waals surface area (Å²) in [4.78, 5) is 0. The summed E-state index contributed by atoms with van der Waals surface area (Å²) in [6.45, 7) is 2.49. The third-order valence-corrected chi connectivity index (χ3v) is 3.52. The Hall–Kier alpha value is -1.52. The minimum Gasteiger partial charge on any atom is -0.310 e. The molecule has 1 nitrogen and oxygen atoms in total. The molecule has 1 N–H and O–H groups in total. The second-order valence-corrected chi connectivity index (χ2v) is 5.14. The van der Waals surface area contributed by atoms with Gasteiger partial charge in [-0.25, -0.2) is 13.2 Å². The first-order valence-electron chi connectivity index (χ1n) is 6.63. The van der Waals surface area contributed by atoms with Gasteiger partial charge in [0, 0.05) is 17.7 Å². The van der Waals surface area contributed by atoms with Crippen LogP contribution in [0, 0.1) is 17.5 Å². The molecule has 0 spiro atoms. The average molecular weight is 314 g/mol. The number of hydrogen-bond acceptors (Lipinski definition) is 1. The monoisotopic (exact) mass is 313 g/mol. The number of hydrogen-bond donors (Lipinski definition) is 1. The minimum atomic E-state index is -0.621. The van der Waals surface area contributed by atoms with Crippen molar-refractivity contribution >= 4 is 11.6 Å². The molecule has 0 bridgehead atoms. The highest BCUT2D eigenvalue weighted by Crippen LogP contribution is 2.24. The Morgan fingerprint density at radius 1 is 1.05 bits per heavy atom. The highest BCUT2D eigenvalue weighted by atomic mass is 35.5. The Morgan fingerprint density at radius 2 is 1.81 bits per heavy atom. The fourth-order valence-electron chi connectivity index (χ4n) is 2.22. The normalized spacial score (nSPS) is 12.4. The van der Waals surface area contributed by atoms with Crippen molar-refractivity contribution in [2.75, 3.05) is 6.54 Å². The maximum atomic E-state index is 13.9. The van der Waals surface area contributed by atoms with Gasteiger partial charge in [0.05, 0.1) is 5.02 Å². The molecule has 0 heterocycles.